The summed E-state index contributed by atoms with van der Waals surface area (Å²) in [5.41, 5.74) is 4.33. The summed E-state index contributed by atoms with van der Waals surface area (Å²) in [5.74, 6) is 0. The number of para-hydroxylation sites is 1. The van der Waals surface area contributed by atoms with E-state index in [1.807, 2.05) is 29.2 Å². The van der Waals surface area contributed by atoms with Gasteiger partial charge >= 0.3 is 6.03 Å². The zero-order valence-electron chi connectivity index (χ0n) is 12.0. The lowest BCUT2D eigenvalue weighted by atomic mass is 10.0. The Balaban J connectivity index is 1.57. The molecule has 0 bridgehead atoms. The fraction of sp³-hybridized carbons (Fsp3) is 0.176. The zero-order chi connectivity index (χ0) is 14.9. The van der Waals surface area contributed by atoms with Crippen LogP contribution in [0.2, 0.25) is 0 Å². The summed E-state index contributed by atoms with van der Waals surface area (Å²) < 4.78 is 0. The number of aromatic nitrogens is 2. The number of rotatable bonds is 1. The number of nitrogens with zero attached hydrogens (tertiary/aromatic N) is 2. The number of pyridine rings is 1. The lowest BCUT2D eigenvalue weighted by molar-refractivity contribution is 0.206. The fourth-order valence-electron chi connectivity index (χ4n) is 2.98. The molecule has 1 aromatic carbocycles. The topological polar surface area (TPSA) is 61.0 Å². The Morgan fingerprint density at radius 1 is 1.23 bits per heavy atom. The second-order valence-corrected chi connectivity index (χ2v) is 5.47. The van der Waals surface area contributed by atoms with Crippen molar-refractivity contribution < 1.29 is 4.79 Å². The largest absolute Gasteiger partial charge is 0.358 e. The molecule has 2 N–H and O–H groups in total. The van der Waals surface area contributed by atoms with Gasteiger partial charge in [-0.05, 0) is 18.2 Å². The predicted octanol–water partition coefficient (Wildman–Crippen LogP) is 3.15. The molecule has 0 saturated heterocycles. The first kappa shape index (κ1) is 12.9. The molecule has 1 aliphatic heterocycles. The Morgan fingerprint density at radius 3 is 3.00 bits per heavy atom. The van der Waals surface area contributed by atoms with Crippen LogP contribution >= 0.6 is 0 Å². The van der Waals surface area contributed by atoms with E-state index in [1.54, 1.807) is 12.4 Å². The normalized spacial score (nSPS) is 13.9. The molecule has 0 aliphatic carbocycles. The van der Waals surface area contributed by atoms with E-state index in [-0.39, 0.29) is 6.03 Å². The molecule has 0 unspecified atom stereocenters. The SMILES string of the molecule is O=C(Nc1cccnc1)N1CCc2[nH]c3ccccc3c2C1. The van der Waals surface area contributed by atoms with Crippen LogP contribution in [0.4, 0.5) is 10.5 Å². The minimum Gasteiger partial charge on any atom is -0.358 e. The molecule has 1 aliphatic rings. The third-order valence-electron chi connectivity index (χ3n) is 4.08. The molecule has 5 nitrogen and oxygen atoms in total. The van der Waals surface area contributed by atoms with Crippen LogP contribution in [-0.2, 0) is 13.0 Å². The average molecular weight is 292 g/mol. The van der Waals surface area contributed by atoms with E-state index in [9.17, 15) is 4.79 Å². The lowest BCUT2D eigenvalue weighted by Crippen LogP contribution is -2.38. The van der Waals surface area contributed by atoms with Gasteiger partial charge in [0, 0.05) is 47.9 Å². The van der Waals surface area contributed by atoms with Crippen molar-refractivity contribution in [2.75, 3.05) is 11.9 Å². The van der Waals surface area contributed by atoms with Crippen molar-refractivity contribution in [3.05, 3.63) is 60.0 Å². The molecule has 5 heteroatoms. The number of amides is 2. The van der Waals surface area contributed by atoms with E-state index in [1.165, 1.54) is 16.6 Å². The van der Waals surface area contributed by atoms with Crippen molar-refractivity contribution in [2.45, 2.75) is 13.0 Å². The third kappa shape index (κ3) is 2.20. The minimum atomic E-state index is -0.0797. The second kappa shape index (κ2) is 5.18. The summed E-state index contributed by atoms with van der Waals surface area (Å²) >= 11 is 0. The average Bonchev–Trinajstić information content (AvgIpc) is 2.93. The number of H-pyrrole nitrogens is 1. The molecule has 3 heterocycles. The van der Waals surface area contributed by atoms with Gasteiger partial charge in [-0.1, -0.05) is 18.2 Å². The van der Waals surface area contributed by atoms with Crippen molar-refractivity contribution in [3.8, 4) is 0 Å². The summed E-state index contributed by atoms with van der Waals surface area (Å²) in [7, 11) is 0. The maximum absolute atomic E-state index is 12.4. The molecule has 0 atom stereocenters. The van der Waals surface area contributed by atoms with Crippen LogP contribution in [0.15, 0.2) is 48.8 Å². The van der Waals surface area contributed by atoms with E-state index in [0.717, 1.165) is 17.6 Å². The molecule has 2 aromatic heterocycles. The van der Waals surface area contributed by atoms with Gasteiger partial charge in [0.05, 0.1) is 11.9 Å². The summed E-state index contributed by atoms with van der Waals surface area (Å²) in [5, 5.41) is 4.10. The summed E-state index contributed by atoms with van der Waals surface area (Å²) in [4.78, 5) is 21.7. The van der Waals surface area contributed by atoms with Gasteiger partial charge in [-0.15, -0.1) is 0 Å². The molecule has 0 spiro atoms. The van der Waals surface area contributed by atoms with Crippen LogP contribution in [-0.4, -0.2) is 27.4 Å². The Labute approximate surface area is 128 Å². The van der Waals surface area contributed by atoms with Crippen LogP contribution < -0.4 is 5.32 Å². The molecule has 0 fully saturated rings. The number of fused-ring (bicyclic) bond motifs is 3. The minimum absolute atomic E-state index is 0.0797. The predicted molar refractivity (Wildman–Crippen MR) is 85.7 cm³/mol. The van der Waals surface area contributed by atoms with Gasteiger partial charge in [-0.2, -0.15) is 0 Å². The van der Waals surface area contributed by atoms with E-state index in [0.29, 0.717) is 13.1 Å². The van der Waals surface area contributed by atoms with Crippen molar-refractivity contribution in [2.24, 2.45) is 0 Å². The first-order valence-electron chi connectivity index (χ1n) is 7.36. The number of hydrogen-bond donors (Lipinski definition) is 2. The van der Waals surface area contributed by atoms with E-state index in [4.69, 9.17) is 0 Å². The van der Waals surface area contributed by atoms with Crippen LogP contribution in [0.25, 0.3) is 10.9 Å². The number of urea groups is 1. The summed E-state index contributed by atoms with van der Waals surface area (Å²) in [6.07, 6.45) is 4.19. The van der Waals surface area contributed by atoms with Gasteiger partial charge in [0.15, 0.2) is 0 Å². The van der Waals surface area contributed by atoms with E-state index in [2.05, 4.69) is 27.4 Å². The summed E-state index contributed by atoms with van der Waals surface area (Å²) in [6.45, 7) is 1.34. The number of hydrogen-bond acceptors (Lipinski definition) is 2. The van der Waals surface area contributed by atoms with Crippen molar-refractivity contribution >= 4 is 22.6 Å². The van der Waals surface area contributed by atoms with Crippen LogP contribution in [0, 0.1) is 0 Å². The Morgan fingerprint density at radius 2 is 2.14 bits per heavy atom. The molecule has 2 amide bonds. The van der Waals surface area contributed by atoms with E-state index < -0.39 is 0 Å². The molecule has 22 heavy (non-hydrogen) atoms. The second-order valence-electron chi connectivity index (χ2n) is 5.47. The number of benzene rings is 1. The highest BCUT2D eigenvalue weighted by Crippen LogP contribution is 2.27. The van der Waals surface area contributed by atoms with Crippen LogP contribution in [0.5, 0.6) is 0 Å². The molecule has 0 radical (unpaired) electrons. The number of aromatic amines is 1. The summed E-state index contributed by atoms with van der Waals surface area (Å²) in [6, 6.07) is 11.8. The third-order valence-corrected chi connectivity index (χ3v) is 4.08. The maximum Gasteiger partial charge on any atom is 0.322 e. The molecule has 4 rings (SSSR count). The quantitative estimate of drug-likeness (QED) is 0.723. The Kier molecular flexibility index (Phi) is 3.04. The lowest BCUT2D eigenvalue weighted by Gasteiger charge is -2.27. The van der Waals surface area contributed by atoms with Crippen LogP contribution in [0.3, 0.4) is 0 Å². The van der Waals surface area contributed by atoms with Crippen molar-refractivity contribution in [1.82, 2.24) is 14.9 Å². The standard InChI is InChI=1S/C17H16N4O/c22-17(19-12-4-3-8-18-10-12)21-9-7-16-14(11-21)13-5-1-2-6-15(13)20-16/h1-6,8,10,20H,7,9,11H2,(H,19,22). The Hall–Kier alpha value is -2.82. The van der Waals surface area contributed by atoms with Gasteiger partial charge in [0.1, 0.15) is 0 Å². The van der Waals surface area contributed by atoms with Gasteiger partial charge in [-0.3, -0.25) is 4.98 Å². The number of carbonyl (C=O) groups is 1. The fourth-order valence-corrected chi connectivity index (χ4v) is 2.98. The molecular formula is C17H16N4O. The number of nitrogens with one attached hydrogen (secondary N) is 2. The van der Waals surface area contributed by atoms with Gasteiger partial charge in [-0.25, -0.2) is 4.79 Å². The smallest absolute Gasteiger partial charge is 0.322 e. The first-order chi connectivity index (χ1) is 10.8. The Bertz CT molecular complexity index is 825. The molecule has 0 saturated carbocycles. The highest BCUT2D eigenvalue weighted by atomic mass is 16.2. The van der Waals surface area contributed by atoms with Gasteiger partial charge < -0.3 is 15.2 Å². The number of anilines is 1. The van der Waals surface area contributed by atoms with E-state index >= 15 is 0 Å². The van der Waals surface area contributed by atoms with Crippen LogP contribution in [0.1, 0.15) is 11.3 Å². The first-order valence-corrected chi connectivity index (χ1v) is 7.36. The van der Waals surface area contributed by atoms with Crippen molar-refractivity contribution in [1.29, 1.82) is 0 Å². The highest BCUT2D eigenvalue weighted by Gasteiger charge is 2.23. The monoisotopic (exact) mass is 292 g/mol. The van der Waals surface area contributed by atoms with Crippen molar-refractivity contribution in [3.63, 3.8) is 0 Å². The maximum atomic E-state index is 12.4. The molecule has 3 aromatic rings. The van der Waals surface area contributed by atoms with Gasteiger partial charge in [0.2, 0.25) is 0 Å². The molecular weight excluding hydrogens is 276 g/mol. The molecule has 110 valence electrons. The highest BCUT2D eigenvalue weighted by molar-refractivity contribution is 5.90. The van der Waals surface area contributed by atoms with Gasteiger partial charge in [0.25, 0.3) is 0 Å². The zero-order valence-corrected chi connectivity index (χ0v) is 12.0. The number of carbonyl (C=O) groups excluding carboxylic acids is 1.